The molecule has 1 unspecified atom stereocenters. The second kappa shape index (κ2) is 4.89. The molecule has 1 nitrogen and oxygen atoms in total. The van der Waals surface area contributed by atoms with E-state index in [4.69, 9.17) is 5.73 Å². The minimum Gasteiger partial charge on any atom is -0.323 e. The molecule has 0 spiro atoms. The molecule has 96 valence electrons. The Balaban J connectivity index is 1.83. The van der Waals surface area contributed by atoms with Crippen LogP contribution in [0.3, 0.4) is 0 Å². The van der Waals surface area contributed by atoms with E-state index in [0.29, 0.717) is 0 Å². The minimum absolute atomic E-state index is 0.248. The average molecular weight is 241 g/mol. The third-order valence-corrected chi connectivity index (χ3v) is 4.71. The molecule has 1 aromatic carbocycles. The van der Waals surface area contributed by atoms with Crippen LogP contribution in [0.1, 0.15) is 50.5 Å². The minimum atomic E-state index is 0.248. The lowest BCUT2D eigenvalue weighted by Gasteiger charge is -2.26. The van der Waals surface area contributed by atoms with E-state index in [9.17, 15) is 0 Å². The van der Waals surface area contributed by atoms with Gasteiger partial charge in [0.2, 0.25) is 0 Å². The van der Waals surface area contributed by atoms with Crippen molar-refractivity contribution in [2.24, 2.45) is 5.73 Å². The summed E-state index contributed by atoms with van der Waals surface area (Å²) in [5, 5.41) is 0. The molecule has 1 aromatic rings. The zero-order chi connectivity index (χ0) is 12.4. The molecular formula is C17H23N. The second-order valence-corrected chi connectivity index (χ2v) is 5.88. The quantitative estimate of drug-likeness (QED) is 0.797. The van der Waals surface area contributed by atoms with Crippen LogP contribution in [0.15, 0.2) is 42.0 Å². The highest BCUT2D eigenvalue weighted by Crippen LogP contribution is 2.52. The Bertz CT molecular complexity index is 428. The highest BCUT2D eigenvalue weighted by molar-refractivity contribution is 5.38. The first-order valence-corrected chi connectivity index (χ1v) is 7.33. The molecule has 0 aromatic heterocycles. The second-order valence-electron chi connectivity index (χ2n) is 5.88. The van der Waals surface area contributed by atoms with Crippen molar-refractivity contribution >= 4 is 0 Å². The molecule has 0 amide bonds. The van der Waals surface area contributed by atoms with Crippen LogP contribution < -0.4 is 5.73 Å². The van der Waals surface area contributed by atoms with Crippen LogP contribution in [0.25, 0.3) is 0 Å². The summed E-state index contributed by atoms with van der Waals surface area (Å²) in [5.74, 6) is 0. The maximum absolute atomic E-state index is 6.62. The summed E-state index contributed by atoms with van der Waals surface area (Å²) in [6.45, 7) is 0. The number of benzene rings is 1. The average Bonchev–Trinajstić information content (AvgIpc) is 3.24. The number of allylic oxidation sites excluding steroid dienone is 1. The Hall–Kier alpha value is -1.08. The van der Waals surface area contributed by atoms with Crippen molar-refractivity contribution in [3.05, 3.63) is 47.5 Å². The van der Waals surface area contributed by atoms with Crippen LogP contribution in [0.2, 0.25) is 0 Å². The zero-order valence-electron chi connectivity index (χ0n) is 11.1. The molecule has 1 atom stereocenters. The predicted molar refractivity (Wildman–Crippen MR) is 76.5 cm³/mol. The first kappa shape index (κ1) is 12.0. The van der Waals surface area contributed by atoms with Gasteiger partial charge < -0.3 is 5.73 Å². The largest absolute Gasteiger partial charge is 0.323 e. The molecular weight excluding hydrogens is 218 g/mol. The summed E-state index contributed by atoms with van der Waals surface area (Å²) in [4.78, 5) is 0. The van der Waals surface area contributed by atoms with Crippen LogP contribution in [0.5, 0.6) is 0 Å². The highest BCUT2D eigenvalue weighted by atomic mass is 14.7. The van der Waals surface area contributed by atoms with E-state index < -0.39 is 0 Å². The van der Waals surface area contributed by atoms with E-state index in [2.05, 4.69) is 36.4 Å². The third-order valence-electron chi connectivity index (χ3n) is 4.71. The van der Waals surface area contributed by atoms with Gasteiger partial charge in [-0.15, -0.1) is 0 Å². The molecule has 2 aliphatic rings. The van der Waals surface area contributed by atoms with Gasteiger partial charge in [0.25, 0.3) is 0 Å². The third kappa shape index (κ3) is 2.12. The van der Waals surface area contributed by atoms with Gasteiger partial charge in [0.1, 0.15) is 0 Å². The zero-order valence-corrected chi connectivity index (χ0v) is 11.1. The predicted octanol–water partition coefficient (Wildman–Crippen LogP) is 3.94. The number of hydrogen-bond acceptors (Lipinski definition) is 1. The van der Waals surface area contributed by atoms with E-state index in [0.717, 1.165) is 0 Å². The van der Waals surface area contributed by atoms with Gasteiger partial charge in [-0.2, -0.15) is 0 Å². The van der Waals surface area contributed by atoms with E-state index in [1.165, 1.54) is 56.1 Å². The summed E-state index contributed by atoms with van der Waals surface area (Å²) in [6.07, 6.45) is 11.4. The van der Waals surface area contributed by atoms with Gasteiger partial charge in [-0.1, -0.05) is 48.4 Å². The maximum Gasteiger partial charge on any atom is 0.0352 e. The van der Waals surface area contributed by atoms with E-state index in [-0.39, 0.29) is 11.5 Å². The summed E-state index contributed by atoms with van der Waals surface area (Å²) < 4.78 is 0. The molecule has 2 N–H and O–H groups in total. The number of nitrogens with two attached hydrogens (primary N) is 1. The Labute approximate surface area is 110 Å². The van der Waals surface area contributed by atoms with Crippen molar-refractivity contribution in [1.82, 2.24) is 0 Å². The summed E-state index contributed by atoms with van der Waals surface area (Å²) >= 11 is 0. The van der Waals surface area contributed by atoms with Crippen LogP contribution in [-0.4, -0.2) is 6.04 Å². The fourth-order valence-electron chi connectivity index (χ4n) is 3.36. The monoisotopic (exact) mass is 241 g/mol. The summed E-state index contributed by atoms with van der Waals surface area (Å²) in [7, 11) is 0. The summed E-state index contributed by atoms with van der Waals surface area (Å²) in [6, 6.07) is 11.1. The fraction of sp³-hybridized carbons (Fsp3) is 0.529. The molecule has 3 rings (SSSR count). The smallest absolute Gasteiger partial charge is 0.0352 e. The van der Waals surface area contributed by atoms with Gasteiger partial charge >= 0.3 is 0 Å². The first-order chi connectivity index (χ1) is 8.83. The van der Waals surface area contributed by atoms with Crippen molar-refractivity contribution in [1.29, 1.82) is 0 Å². The van der Waals surface area contributed by atoms with Crippen LogP contribution >= 0.6 is 0 Å². The molecule has 0 radical (unpaired) electrons. The molecule has 1 fully saturated rings. The van der Waals surface area contributed by atoms with Crippen LogP contribution in [0.4, 0.5) is 0 Å². The van der Waals surface area contributed by atoms with E-state index in [1.54, 1.807) is 0 Å². The molecule has 0 bridgehead atoms. The fourth-order valence-corrected chi connectivity index (χ4v) is 3.36. The van der Waals surface area contributed by atoms with E-state index in [1.807, 2.05) is 0 Å². The van der Waals surface area contributed by atoms with Crippen LogP contribution in [0, 0.1) is 0 Å². The van der Waals surface area contributed by atoms with Crippen molar-refractivity contribution in [3.63, 3.8) is 0 Å². The molecule has 0 aliphatic heterocycles. The standard InChI is InChI=1S/C17H23N/c18-16(14-8-4-1-2-5-9-14)17(12-13-17)15-10-6-3-7-11-15/h3,6-8,10-11,16H,1-2,4-5,9,12-13,18H2. The van der Waals surface area contributed by atoms with Gasteiger partial charge in [-0.05, 0) is 44.1 Å². The maximum atomic E-state index is 6.62. The summed E-state index contributed by atoms with van der Waals surface area (Å²) in [5.41, 5.74) is 9.85. The molecule has 1 heteroatoms. The van der Waals surface area contributed by atoms with Gasteiger partial charge in [0.05, 0.1) is 0 Å². The van der Waals surface area contributed by atoms with Crippen molar-refractivity contribution < 1.29 is 0 Å². The van der Waals surface area contributed by atoms with Crippen molar-refractivity contribution in [2.45, 2.75) is 56.4 Å². The topological polar surface area (TPSA) is 26.0 Å². The first-order valence-electron chi connectivity index (χ1n) is 7.33. The van der Waals surface area contributed by atoms with Gasteiger partial charge in [0, 0.05) is 11.5 Å². The molecule has 2 aliphatic carbocycles. The molecule has 1 saturated carbocycles. The lowest BCUT2D eigenvalue weighted by Crippen LogP contribution is -2.36. The van der Waals surface area contributed by atoms with Crippen molar-refractivity contribution in [3.8, 4) is 0 Å². The normalized spacial score (nSPS) is 23.9. The lowest BCUT2D eigenvalue weighted by atomic mass is 9.83. The van der Waals surface area contributed by atoms with Gasteiger partial charge in [-0.3, -0.25) is 0 Å². The number of rotatable bonds is 3. The lowest BCUT2D eigenvalue weighted by molar-refractivity contribution is 0.554. The van der Waals surface area contributed by atoms with E-state index >= 15 is 0 Å². The Morgan fingerprint density at radius 3 is 2.50 bits per heavy atom. The van der Waals surface area contributed by atoms with Gasteiger partial charge in [0.15, 0.2) is 0 Å². The Kier molecular flexibility index (Phi) is 3.25. The van der Waals surface area contributed by atoms with Gasteiger partial charge in [-0.25, -0.2) is 0 Å². The van der Waals surface area contributed by atoms with Crippen molar-refractivity contribution in [2.75, 3.05) is 0 Å². The number of hydrogen-bond donors (Lipinski definition) is 1. The highest BCUT2D eigenvalue weighted by Gasteiger charge is 2.49. The Morgan fingerprint density at radius 1 is 1.00 bits per heavy atom. The Morgan fingerprint density at radius 2 is 1.78 bits per heavy atom. The van der Waals surface area contributed by atoms with Crippen LogP contribution in [-0.2, 0) is 5.41 Å². The molecule has 0 saturated heterocycles. The molecule has 18 heavy (non-hydrogen) atoms. The SMILES string of the molecule is NC(C1=CCCCCC1)C1(c2ccccc2)CC1. The molecule has 0 heterocycles.